The molecule has 5 nitrogen and oxygen atoms in total. The smallest absolute Gasteiger partial charge is 0.162 e. The third kappa shape index (κ3) is 9.03. The average Bonchev–Trinajstić information content (AvgIpc) is 2.76. The highest BCUT2D eigenvalue weighted by atomic mass is 35.5. The molecule has 2 aromatic carbocycles. The van der Waals surface area contributed by atoms with E-state index in [1.54, 1.807) is 19.2 Å². The number of hydrogen-bond acceptors (Lipinski definition) is 5. The van der Waals surface area contributed by atoms with Crippen LogP contribution in [0.5, 0.6) is 11.5 Å². The number of nitrogens with zero attached hydrogens (tertiary/aromatic N) is 2. The van der Waals surface area contributed by atoms with Crippen molar-refractivity contribution in [2.45, 2.75) is 12.8 Å². The van der Waals surface area contributed by atoms with Crippen LogP contribution in [-0.4, -0.2) is 68.6 Å². The Morgan fingerprint density at radius 1 is 0.871 bits per heavy atom. The van der Waals surface area contributed by atoms with Crippen LogP contribution in [0.25, 0.3) is 0 Å². The second kappa shape index (κ2) is 14.2. The summed E-state index contributed by atoms with van der Waals surface area (Å²) in [5, 5.41) is 0. The lowest BCUT2D eigenvalue weighted by Crippen LogP contribution is -2.47. The molecule has 0 bridgehead atoms. The minimum absolute atomic E-state index is 0. The maximum atomic E-state index is 12.9. The topological polar surface area (TPSA) is 42.0 Å². The van der Waals surface area contributed by atoms with Crippen LogP contribution in [-0.2, 0) is 0 Å². The summed E-state index contributed by atoms with van der Waals surface area (Å²) in [5.41, 5.74) is 0.591. The zero-order chi connectivity index (χ0) is 20.5. The molecule has 0 atom stereocenters. The van der Waals surface area contributed by atoms with Crippen LogP contribution < -0.4 is 9.47 Å². The molecular weight excluding hydrogens is 442 g/mol. The Kier molecular flexibility index (Phi) is 12.5. The predicted octanol–water partition coefficient (Wildman–Crippen LogP) is 4.34. The van der Waals surface area contributed by atoms with E-state index >= 15 is 0 Å². The number of carbonyl (C=O) groups excluding carboxylic acids is 1. The quantitative estimate of drug-likeness (QED) is 0.481. The molecule has 1 aliphatic rings. The maximum absolute atomic E-state index is 12.9. The molecule has 8 heteroatoms. The zero-order valence-corrected chi connectivity index (χ0v) is 19.4. The van der Waals surface area contributed by atoms with Gasteiger partial charge in [-0.2, -0.15) is 0 Å². The van der Waals surface area contributed by atoms with Gasteiger partial charge in [-0.05, 0) is 61.5 Å². The van der Waals surface area contributed by atoms with Gasteiger partial charge in [0.2, 0.25) is 0 Å². The van der Waals surface area contributed by atoms with E-state index in [4.69, 9.17) is 9.47 Å². The van der Waals surface area contributed by atoms with Crippen molar-refractivity contribution in [3.05, 3.63) is 59.9 Å². The summed E-state index contributed by atoms with van der Waals surface area (Å²) in [7, 11) is 1.65. The van der Waals surface area contributed by atoms with E-state index in [0.717, 1.165) is 57.2 Å². The van der Waals surface area contributed by atoms with Gasteiger partial charge in [-0.3, -0.25) is 9.69 Å². The van der Waals surface area contributed by atoms with Crippen molar-refractivity contribution in [3.8, 4) is 11.5 Å². The number of Topliss-reactive ketones (excluding diaryl/α,β-unsaturated/α-hetero) is 1. The first-order valence-electron chi connectivity index (χ1n) is 10.1. The van der Waals surface area contributed by atoms with E-state index in [1.807, 2.05) is 24.3 Å². The molecule has 1 fully saturated rings. The van der Waals surface area contributed by atoms with Crippen LogP contribution in [0, 0.1) is 5.82 Å². The summed E-state index contributed by atoms with van der Waals surface area (Å²) >= 11 is 0. The Balaban J connectivity index is 0.00000240. The highest BCUT2D eigenvalue weighted by Crippen LogP contribution is 2.17. The highest BCUT2D eigenvalue weighted by molar-refractivity contribution is 5.95. The zero-order valence-electron chi connectivity index (χ0n) is 17.8. The molecule has 0 N–H and O–H groups in total. The monoisotopic (exact) mass is 472 g/mol. The van der Waals surface area contributed by atoms with Crippen molar-refractivity contribution in [1.82, 2.24) is 9.80 Å². The van der Waals surface area contributed by atoms with Gasteiger partial charge in [0.25, 0.3) is 0 Å². The summed E-state index contributed by atoms with van der Waals surface area (Å²) in [6.07, 6.45) is 1.33. The van der Waals surface area contributed by atoms with Crippen LogP contribution in [0.3, 0.4) is 0 Å². The molecule has 1 saturated heterocycles. The first-order chi connectivity index (χ1) is 14.1. The van der Waals surface area contributed by atoms with Crippen molar-refractivity contribution in [3.63, 3.8) is 0 Å². The predicted molar refractivity (Wildman–Crippen MR) is 126 cm³/mol. The van der Waals surface area contributed by atoms with E-state index in [-0.39, 0.29) is 36.4 Å². The van der Waals surface area contributed by atoms with E-state index < -0.39 is 0 Å². The van der Waals surface area contributed by atoms with E-state index in [0.29, 0.717) is 18.6 Å². The fourth-order valence-corrected chi connectivity index (χ4v) is 3.44. The molecule has 0 amide bonds. The van der Waals surface area contributed by atoms with Crippen molar-refractivity contribution in [1.29, 1.82) is 0 Å². The number of ketones is 1. The summed E-state index contributed by atoms with van der Waals surface area (Å²) in [6, 6.07) is 13.4. The van der Waals surface area contributed by atoms with Crippen molar-refractivity contribution in [2.75, 3.05) is 53.0 Å². The molecule has 0 aliphatic carbocycles. The van der Waals surface area contributed by atoms with E-state index in [9.17, 15) is 9.18 Å². The van der Waals surface area contributed by atoms with Gasteiger partial charge in [0.1, 0.15) is 23.9 Å². The summed E-state index contributed by atoms with van der Waals surface area (Å²) < 4.78 is 23.9. The first-order valence-corrected chi connectivity index (χ1v) is 10.1. The van der Waals surface area contributed by atoms with Gasteiger partial charge in [-0.1, -0.05) is 0 Å². The number of carbonyl (C=O) groups is 1. The van der Waals surface area contributed by atoms with Gasteiger partial charge in [-0.15, -0.1) is 24.8 Å². The van der Waals surface area contributed by atoms with Crippen molar-refractivity contribution < 1.29 is 18.7 Å². The SMILES string of the molecule is COc1ccc(OCCN2CCN(CCCC(=O)c3ccc(F)cc3)CC2)cc1.Cl.Cl. The molecule has 3 rings (SSSR count). The van der Waals surface area contributed by atoms with E-state index in [1.165, 1.54) is 12.1 Å². The Morgan fingerprint density at radius 2 is 1.42 bits per heavy atom. The fourth-order valence-electron chi connectivity index (χ4n) is 3.44. The fraction of sp³-hybridized carbons (Fsp3) is 0.435. The number of halogens is 3. The number of methoxy groups -OCH3 is 1. The molecular formula is C23H31Cl2FN2O3. The lowest BCUT2D eigenvalue weighted by Gasteiger charge is -2.34. The molecule has 31 heavy (non-hydrogen) atoms. The molecule has 0 aromatic heterocycles. The normalized spacial score (nSPS) is 14.3. The highest BCUT2D eigenvalue weighted by Gasteiger charge is 2.17. The Labute approximate surface area is 196 Å². The van der Waals surface area contributed by atoms with Crippen molar-refractivity contribution >= 4 is 30.6 Å². The summed E-state index contributed by atoms with van der Waals surface area (Å²) in [4.78, 5) is 17.0. The molecule has 1 heterocycles. The minimum atomic E-state index is -0.311. The van der Waals surface area contributed by atoms with Gasteiger partial charge < -0.3 is 14.4 Å². The Bertz CT molecular complexity index is 767. The minimum Gasteiger partial charge on any atom is -0.497 e. The lowest BCUT2D eigenvalue weighted by molar-refractivity contribution is 0.0953. The molecule has 2 aromatic rings. The molecule has 0 spiro atoms. The number of benzene rings is 2. The van der Waals surface area contributed by atoms with Gasteiger partial charge in [-0.25, -0.2) is 4.39 Å². The average molecular weight is 473 g/mol. The first kappa shape index (κ1) is 27.2. The molecule has 1 aliphatic heterocycles. The Hall–Kier alpha value is -1.86. The van der Waals surface area contributed by atoms with Crippen LogP contribution in [0.1, 0.15) is 23.2 Å². The maximum Gasteiger partial charge on any atom is 0.162 e. The third-order valence-corrected chi connectivity index (χ3v) is 5.24. The standard InChI is InChI=1S/C23H29FN2O3.2ClH/c1-28-21-8-10-22(11-9-21)29-18-17-26-15-13-25(14-16-26)12-2-3-23(27)19-4-6-20(24)7-5-19;;/h4-11H,2-3,12-18H2,1H3;2*1H. The van der Waals surface area contributed by atoms with Gasteiger partial charge in [0, 0.05) is 44.7 Å². The van der Waals surface area contributed by atoms with E-state index in [2.05, 4.69) is 9.80 Å². The Morgan fingerprint density at radius 3 is 2.00 bits per heavy atom. The second-order valence-electron chi connectivity index (χ2n) is 7.24. The molecule has 0 unspecified atom stereocenters. The number of hydrogen-bond donors (Lipinski definition) is 0. The number of ether oxygens (including phenoxy) is 2. The molecule has 0 saturated carbocycles. The van der Waals surface area contributed by atoms with Gasteiger partial charge >= 0.3 is 0 Å². The second-order valence-corrected chi connectivity index (χ2v) is 7.24. The molecule has 172 valence electrons. The van der Waals surface area contributed by atoms with Crippen LogP contribution in [0.15, 0.2) is 48.5 Å². The summed E-state index contributed by atoms with van der Waals surface area (Å²) in [6.45, 7) is 6.53. The number of rotatable bonds is 10. The van der Waals surface area contributed by atoms with Gasteiger partial charge in [0.15, 0.2) is 5.78 Å². The summed E-state index contributed by atoms with van der Waals surface area (Å²) in [5.74, 6) is 1.45. The van der Waals surface area contributed by atoms with Gasteiger partial charge in [0.05, 0.1) is 7.11 Å². The van der Waals surface area contributed by atoms with Crippen LogP contribution in [0.2, 0.25) is 0 Å². The van der Waals surface area contributed by atoms with Crippen LogP contribution >= 0.6 is 24.8 Å². The molecule has 0 radical (unpaired) electrons. The lowest BCUT2D eigenvalue weighted by atomic mass is 10.1. The third-order valence-electron chi connectivity index (χ3n) is 5.24. The largest absolute Gasteiger partial charge is 0.497 e. The number of piperazine rings is 1. The van der Waals surface area contributed by atoms with Crippen LogP contribution in [0.4, 0.5) is 4.39 Å². The van der Waals surface area contributed by atoms with Crippen molar-refractivity contribution in [2.24, 2.45) is 0 Å².